The number of nitrogens with zero attached hydrogens (tertiary/aromatic N) is 1. The minimum atomic E-state index is -0.704. The fourth-order valence-electron chi connectivity index (χ4n) is 1.03. The summed E-state index contributed by atoms with van der Waals surface area (Å²) in [5.41, 5.74) is 4.84. The Kier molecular flexibility index (Phi) is 3.25. The number of nitrogen functional groups attached to an aromatic ring is 1. The zero-order valence-corrected chi connectivity index (χ0v) is 9.02. The average Bonchev–Trinajstić information content (AvgIpc) is 2.20. The maximum Gasteiger partial charge on any atom is 0.274 e. The number of aromatic hydroxyl groups is 1. The summed E-state index contributed by atoms with van der Waals surface area (Å²) in [6, 6.07) is 1.94. The molecule has 0 saturated heterocycles. The predicted octanol–water partition coefficient (Wildman–Crippen LogP) is 1.46. The van der Waals surface area contributed by atoms with E-state index in [9.17, 15) is 20.0 Å². The van der Waals surface area contributed by atoms with Crippen molar-refractivity contribution in [1.29, 1.82) is 0 Å². The van der Waals surface area contributed by atoms with Crippen LogP contribution in [0.5, 0.6) is 5.75 Å². The van der Waals surface area contributed by atoms with E-state index < -0.39 is 16.5 Å². The molecule has 0 saturated carbocycles. The van der Waals surface area contributed by atoms with Crippen LogP contribution in [0, 0.1) is 10.1 Å². The molecule has 3 N–H and O–H groups in total. The largest absolute Gasteiger partial charge is 0.506 e. The first-order chi connectivity index (χ1) is 6.97. The van der Waals surface area contributed by atoms with Gasteiger partial charge in [0.2, 0.25) is 0 Å². The molecule has 1 aromatic rings. The molecule has 0 aliphatic carbocycles. The van der Waals surface area contributed by atoms with Gasteiger partial charge in [-0.15, -0.1) is 0 Å². The van der Waals surface area contributed by atoms with Crippen molar-refractivity contribution < 1.29 is 14.8 Å². The molecule has 15 heavy (non-hydrogen) atoms. The molecule has 1 aromatic carbocycles. The molecule has 0 bridgehead atoms. The minimum Gasteiger partial charge on any atom is -0.506 e. The summed E-state index contributed by atoms with van der Waals surface area (Å²) in [6.45, 7) is 0. The minimum absolute atomic E-state index is 0.0161. The van der Waals surface area contributed by atoms with E-state index in [-0.39, 0.29) is 22.3 Å². The summed E-state index contributed by atoms with van der Waals surface area (Å²) in [6.07, 6.45) is 0. The number of non-ortho nitro benzene ring substituents is 1. The Bertz CT molecular complexity index is 433. The molecule has 0 aromatic heterocycles. The summed E-state index contributed by atoms with van der Waals surface area (Å²) in [5, 5.41) is 19.7. The van der Waals surface area contributed by atoms with Crippen LogP contribution in [0.25, 0.3) is 0 Å². The first kappa shape index (κ1) is 11.4. The average molecular weight is 275 g/mol. The zero-order chi connectivity index (χ0) is 11.6. The molecule has 0 fully saturated rings. The van der Waals surface area contributed by atoms with Crippen LogP contribution in [0.4, 0.5) is 11.4 Å². The van der Waals surface area contributed by atoms with Crippen molar-refractivity contribution in [2.24, 2.45) is 0 Å². The van der Waals surface area contributed by atoms with Gasteiger partial charge in [0.15, 0.2) is 5.78 Å². The van der Waals surface area contributed by atoms with E-state index in [2.05, 4.69) is 15.9 Å². The number of nitrogens with two attached hydrogens (primary N) is 1. The van der Waals surface area contributed by atoms with Gasteiger partial charge in [-0.1, -0.05) is 15.9 Å². The molecule has 6 nitrogen and oxygen atoms in total. The van der Waals surface area contributed by atoms with Gasteiger partial charge < -0.3 is 10.8 Å². The monoisotopic (exact) mass is 274 g/mol. The number of hydrogen-bond donors (Lipinski definition) is 2. The SMILES string of the molecule is Nc1c(O)cc([N+](=O)[O-])cc1C(=O)CBr. The second kappa shape index (κ2) is 4.26. The fourth-order valence-corrected chi connectivity index (χ4v) is 1.33. The Hall–Kier alpha value is -1.63. The summed E-state index contributed by atoms with van der Waals surface area (Å²) in [5.74, 6) is -0.889. The van der Waals surface area contributed by atoms with Crippen molar-refractivity contribution in [3.8, 4) is 5.75 Å². The number of alkyl halides is 1. The summed E-state index contributed by atoms with van der Waals surface area (Å²) in [7, 11) is 0. The molecular formula is C8H7BrN2O4. The second-order valence-electron chi connectivity index (χ2n) is 2.74. The Balaban J connectivity index is 3.37. The third-order valence-electron chi connectivity index (χ3n) is 1.78. The van der Waals surface area contributed by atoms with Crippen molar-refractivity contribution in [1.82, 2.24) is 0 Å². The Morgan fingerprint density at radius 1 is 1.60 bits per heavy atom. The normalized spacial score (nSPS) is 9.93. The van der Waals surface area contributed by atoms with Gasteiger partial charge >= 0.3 is 0 Å². The number of hydrogen-bond acceptors (Lipinski definition) is 5. The van der Waals surface area contributed by atoms with Crippen LogP contribution in [-0.2, 0) is 0 Å². The second-order valence-corrected chi connectivity index (χ2v) is 3.30. The maximum absolute atomic E-state index is 11.3. The number of Topliss-reactive ketones (excluding diaryl/α,β-unsaturated/α-hetero) is 1. The lowest BCUT2D eigenvalue weighted by molar-refractivity contribution is -0.384. The van der Waals surface area contributed by atoms with Gasteiger partial charge in [0.25, 0.3) is 5.69 Å². The highest BCUT2D eigenvalue weighted by Gasteiger charge is 2.18. The highest BCUT2D eigenvalue weighted by molar-refractivity contribution is 9.09. The number of carbonyl (C=O) groups is 1. The van der Waals surface area contributed by atoms with Crippen LogP contribution < -0.4 is 5.73 Å². The van der Waals surface area contributed by atoms with E-state index >= 15 is 0 Å². The summed E-state index contributed by atoms with van der Waals surface area (Å²) in [4.78, 5) is 21.1. The topological polar surface area (TPSA) is 106 Å². The lowest BCUT2D eigenvalue weighted by Gasteiger charge is -2.04. The number of carbonyl (C=O) groups excluding carboxylic acids is 1. The number of benzene rings is 1. The summed E-state index contributed by atoms with van der Waals surface area (Å²) >= 11 is 2.92. The van der Waals surface area contributed by atoms with Crippen LogP contribution >= 0.6 is 15.9 Å². The Labute approximate surface area is 93.0 Å². The van der Waals surface area contributed by atoms with Crippen LogP contribution in [0.2, 0.25) is 0 Å². The number of ketones is 1. The first-order valence-corrected chi connectivity index (χ1v) is 4.95. The molecule has 7 heteroatoms. The van der Waals surface area contributed by atoms with Gasteiger partial charge in [0.1, 0.15) is 5.75 Å². The third-order valence-corrected chi connectivity index (χ3v) is 2.28. The van der Waals surface area contributed by atoms with Gasteiger partial charge in [-0.05, 0) is 0 Å². The van der Waals surface area contributed by atoms with Crippen LogP contribution in [-0.4, -0.2) is 21.1 Å². The first-order valence-electron chi connectivity index (χ1n) is 3.83. The highest BCUT2D eigenvalue weighted by Crippen LogP contribution is 2.30. The molecule has 0 aliphatic heterocycles. The highest BCUT2D eigenvalue weighted by atomic mass is 79.9. The molecule has 0 spiro atoms. The van der Waals surface area contributed by atoms with Crippen LogP contribution in [0.1, 0.15) is 10.4 Å². The molecule has 0 amide bonds. The van der Waals surface area contributed by atoms with E-state index in [1.165, 1.54) is 0 Å². The van der Waals surface area contributed by atoms with Crippen LogP contribution in [0.3, 0.4) is 0 Å². The van der Waals surface area contributed by atoms with Gasteiger partial charge in [-0.25, -0.2) is 0 Å². The lowest BCUT2D eigenvalue weighted by Crippen LogP contribution is -2.06. The van der Waals surface area contributed by atoms with Gasteiger partial charge in [-0.2, -0.15) is 0 Å². The Morgan fingerprint density at radius 2 is 2.20 bits per heavy atom. The Morgan fingerprint density at radius 3 is 2.67 bits per heavy atom. The smallest absolute Gasteiger partial charge is 0.274 e. The van der Waals surface area contributed by atoms with E-state index in [1.54, 1.807) is 0 Å². The molecule has 0 unspecified atom stereocenters. The van der Waals surface area contributed by atoms with E-state index in [4.69, 9.17) is 5.73 Å². The summed E-state index contributed by atoms with van der Waals surface area (Å²) < 4.78 is 0. The van der Waals surface area contributed by atoms with Crippen LogP contribution in [0.15, 0.2) is 12.1 Å². The number of phenols is 1. The number of nitro benzene ring substituents is 1. The molecule has 0 radical (unpaired) electrons. The van der Waals surface area contributed by atoms with E-state index in [1.807, 2.05) is 0 Å². The van der Waals surface area contributed by atoms with Gasteiger partial charge in [0.05, 0.1) is 27.6 Å². The molecule has 0 heterocycles. The maximum atomic E-state index is 11.3. The van der Waals surface area contributed by atoms with Crippen molar-refractivity contribution in [3.05, 3.63) is 27.8 Å². The lowest BCUT2D eigenvalue weighted by atomic mass is 10.1. The molecule has 80 valence electrons. The van der Waals surface area contributed by atoms with E-state index in [0.29, 0.717) is 0 Å². The number of rotatable bonds is 3. The van der Waals surface area contributed by atoms with Crippen molar-refractivity contribution in [2.45, 2.75) is 0 Å². The zero-order valence-electron chi connectivity index (χ0n) is 7.44. The number of anilines is 1. The number of phenolic OH excluding ortho intramolecular Hbond substituents is 1. The molecule has 0 aliphatic rings. The molecule has 0 atom stereocenters. The molecule has 1 rings (SSSR count). The standard InChI is InChI=1S/C8H7BrN2O4/c9-3-7(13)5-1-4(11(14)15)2-6(12)8(5)10/h1-2,12H,3,10H2. The third kappa shape index (κ3) is 2.24. The fraction of sp³-hybridized carbons (Fsp3) is 0.125. The predicted molar refractivity (Wildman–Crippen MR) is 57.3 cm³/mol. The molecular weight excluding hydrogens is 268 g/mol. The number of nitro groups is 1. The van der Waals surface area contributed by atoms with Crippen molar-refractivity contribution in [2.75, 3.05) is 11.1 Å². The van der Waals surface area contributed by atoms with Crippen molar-refractivity contribution in [3.63, 3.8) is 0 Å². The number of halogens is 1. The van der Waals surface area contributed by atoms with Gasteiger partial charge in [-0.3, -0.25) is 14.9 Å². The quantitative estimate of drug-likeness (QED) is 0.217. The van der Waals surface area contributed by atoms with Gasteiger partial charge in [0, 0.05) is 6.07 Å². The van der Waals surface area contributed by atoms with Crippen molar-refractivity contribution >= 4 is 33.1 Å². The van der Waals surface area contributed by atoms with E-state index in [0.717, 1.165) is 12.1 Å².